The van der Waals surface area contributed by atoms with Crippen molar-refractivity contribution >= 4 is 12.0 Å². The highest BCUT2D eigenvalue weighted by Gasteiger charge is 2.36. The summed E-state index contributed by atoms with van der Waals surface area (Å²) in [5, 5.41) is 11.2. The molecular formula is C19H26N4. The fourth-order valence-electron chi connectivity index (χ4n) is 3.80. The second-order valence-electron chi connectivity index (χ2n) is 6.52. The predicted molar refractivity (Wildman–Crippen MR) is 96.0 cm³/mol. The van der Waals surface area contributed by atoms with Gasteiger partial charge in [0, 0.05) is 25.5 Å². The van der Waals surface area contributed by atoms with Crippen LogP contribution < -0.4 is 10.2 Å². The van der Waals surface area contributed by atoms with Crippen LogP contribution in [-0.4, -0.2) is 24.3 Å². The van der Waals surface area contributed by atoms with Gasteiger partial charge in [0.05, 0.1) is 11.2 Å². The summed E-state index contributed by atoms with van der Waals surface area (Å²) in [6, 6.07) is 4.37. The first kappa shape index (κ1) is 15.8. The van der Waals surface area contributed by atoms with Crippen molar-refractivity contribution in [2.24, 2.45) is 0 Å². The number of hydrogen-bond acceptors (Lipinski definition) is 4. The Balaban J connectivity index is 1.84. The van der Waals surface area contributed by atoms with E-state index in [0.717, 1.165) is 37.4 Å². The van der Waals surface area contributed by atoms with E-state index in [4.69, 9.17) is 10.4 Å². The lowest BCUT2D eigenvalue weighted by atomic mass is 9.89. The van der Waals surface area contributed by atoms with Crippen LogP contribution >= 0.6 is 0 Å². The van der Waals surface area contributed by atoms with Gasteiger partial charge in [0.2, 0.25) is 0 Å². The molecule has 2 aliphatic rings. The van der Waals surface area contributed by atoms with E-state index in [1.54, 1.807) is 6.08 Å². The number of nitrogens with one attached hydrogen (secondary N) is 2. The number of allylic oxidation sites excluding steroid dienone is 3. The molecule has 1 aromatic rings. The van der Waals surface area contributed by atoms with Gasteiger partial charge in [-0.15, -0.1) is 0 Å². The lowest BCUT2D eigenvalue weighted by molar-refractivity contribution is 0.382. The Bertz CT molecular complexity index is 576. The number of rotatable bonds is 6. The molecule has 0 bridgehead atoms. The smallest absolute Gasteiger partial charge is 0.128 e. The minimum atomic E-state index is -0.0943. The van der Waals surface area contributed by atoms with Crippen LogP contribution in [0.3, 0.4) is 0 Å². The van der Waals surface area contributed by atoms with Crippen molar-refractivity contribution in [2.45, 2.75) is 44.1 Å². The van der Waals surface area contributed by atoms with Crippen LogP contribution in [0.25, 0.3) is 0 Å². The summed E-state index contributed by atoms with van der Waals surface area (Å²) < 4.78 is 0. The third kappa shape index (κ3) is 3.31. The zero-order valence-electron chi connectivity index (χ0n) is 13.7. The summed E-state index contributed by atoms with van der Waals surface area (Å²) in [7, 11) is 0. The minimum Gasteiger partial charge on any atom is -0.374 e. The number of aromatic nitrogens is 1. The van der Waals surface area contributed by atoms with E-state index < -0.39 is 0 Å². The quantitative estimate of drug-likeness (QED) is 0.621. The maximum atomic E-state index is 7.60. The van der Waals surface area contributed by atoms with Gasteiger partial charge in [-0.05, 0) is 43.4 Å². The molecule has 3 rings (SSSR count). The summed E-state index contributed by atoms with van der Waals surface area (Å²) in [4.78, 5) is 7.08. The molecule has 1 saturated carbocycles. The Morgan fingerprint density at radius 3 is 2.52 bits per heavy atom. The molecule has 1 aromatic heterocycles. The lowest BCUT2D eigenvalue weighted by Gasteiger charge is -2.32. The standard InChI is InChI=1S/C19H26N4/c1-2-7-17(14-20)22-19(10-3-4-11-19)16-8-9-18(21-15-16)23-12-5-6-13-23/h2,7-9,14-15,20,22H,1,3-6,10-13H2/b17-7+,20-14?. The molecule has 0 unspecified atom stereocenters. The molecule has 2 N–H and O–H groups in total. The summed E-state index contributed by atoms with van der Waals surface area (Å²) in [5.41, 5.74) is 1.95. The molecule has 0 atom stereocenters. The molecule has 0 radical (unpaired) electrons. The number of anilines is 1. The molecule has 1 saturated heterocycles. The highest BCUT2D eigenvalue weighted by Crippen LogP contribution is 2.39. The molecule has 1 aliphatic heterocycles. The third-order valence-electron chi connectivity index (χ3n) is 5.02. The number of hydrogen-bond donors (Lipinski definition) is 2. The monoisotopic (exact) mass is 310 g/mol. The molecule has 2 fully saturated rings. The summed E-state index contributed by atoms with van der Waals surface area (Å²) in [6.07, 6.45) is 14.1. The predicted octanol–water partition coefficient (Wildman–Crippen LogP) is 3.76. The van der Waals surface area contributed by atoms with Gasteiger partial charge < -0.3 is 15.6 Å². The molecule has 2 heterocycles. The molecule has 0 spiro atoms. The van der Waals surface area contributed by atoms with Gasteiger partial charge in [0.1, 0.15) is 5.82 Å². The van der Waals surface area contributed by atoms with Crippen molar-refractivity contribution in [1.82, 2.24) is 10.3 Å². The van der Waals surface area contributed by atoms with Crippen LogP contribution in [0.15, 0.2) is 42.8 Å². The maximum Gasteiger partial charge on any atom is 0.128 e. The fraction of sp³-hybridized carbons (Fsp3) is 0.474. The van der Waals surface area contributed by atoms with Crippen molar-refractivity contribution in [1.29, 1.82) is 5.41 Å². The van der Waals surface area contributed by atoms with Crippen LogP contribution in [0, 0.1) is 5.41 Å². The number of pyridine rings is 1. The van der Waals surface area contributed by atoms with Gasteiger partial charge in [-0.1, -0.05) is 31.6 Å². The molecule has 4 nitrogen and oxygen atoms in total. The van der Waals surface area contributed by atoms with Crippen LogP contribution in [0.2, 0.25) is 0 Å². The lowest BCUT2D eigenvalue weighted by Crippen LogP contribution is -2.39. The Hall–Kier alpha value is -2.10. The molecule has 0 aromatic carbocycles. The van der Waals surface area contributed by atoms with Crippen molar-refractivity contribution in [3.05, 3.63) is 48.3 Å². The van der Waals surface area contributed by atoms with Crippen LogP contribution in [0.4, 0.5) is 5.82 Å². The van der Waals surface area contributed by atoms with Gasteiger partial charge in [-0.2, -0.15) is 0 Å². The normalized spacial score (nSPS) is 20.5. The molecule has 4 heteroatoms. The second kappa shape index (κ2) is 6.99. The summed E-state index contributed by atoms with van der Waals surface area (Å²) in [6.45, 7) is 5.98. The minimum absolute atomic E-state index is 0.0943. The largest absolute Gasteiger partial charge is 0.374 e. The average molecular weight is 310 g/mol. The third-order valence-corrected chi connectivity index (χ3v) is 5.02. The fourth-order valence-corrected chi connectivity index (χ4v) is 3.80. The molecule has 0 amide bonds. The SMILES string of the molecule is C=C/C=C(\C=N)NC1(c2ccc(N3CCCC3)nc2)CCCC1. The zero-order chi connectivity index (χ0) is 16.1. The van der Waals surface area contributed by atoms with E-state index in [-0.39, 0.29) is 5.54 Å². The van der Waals surface area contributed by atoms with E-state index >= 15 is 0 Å². The van der Waals surface area contributed by atoms with Crippen molar-refractivity contribution in [3.63, 3.8) is 0 Å². The zero-order valence-corrected chi connectivity index (χ0v) is 13.7. The average Bonchev–Trinajstić information content (AvgIpc) is 3.27. The summed E-state index contributed by atoms with van der Waals surface area (Å²) >= 11 is 0. The van der Waals surface area contributed by atoms with Crippen molar-refractivity contribution < 1.29 is 0 Å². The molecule has 1 aliphatic carbocycles. The van der Waals surface area contributed by atoms with E-state index in [2.05, 4.69) is 28.9 Å². The first-order chi connectivity index (χ1) is 11.3. The Morgan fingerprint density at radius 1 is 1.22 bits per heavy atom. The Labute approximate surface area is 138 Å². The van der Waals surface area contributed by atoms with Crippen molar-refractivity contribution in [2.75, 3.05) is 18.0 Å². The maximum absolute atomic E-state index is 7.60. The van der Waals surface area contributed by atoms with Gasteiger partial charge in [-0.3, -0.25) is 0 Å². The van der Waals surface area contributed by atoms with E-state index in [1.807, 2.05) is 12.3 Å². The summed E-state index contributed by atoms with van der Waals surface area (Å²) in [5.74, 6) is 1.09. The molecule has 122 valence electrons. The second-order valence-corrected chi connectivity index (χ2v) is 6.52. The van der Waals surface area contributed by atoms with Crippen LogP contribution in [0.5, 0.6) is 0 Å². The van der Waals surface area contributed by atoms with Gasteiger partial charge in [0.15, 0.2) is 0 Å². The molecule has 23 heavy (non-hydrogen) atoms. The first-order valence-corrected chi connectivity index (χ1v) is 8.60. The topological polar surface area (TPSA) is 52.0 Å². The first-order valence-electron chi connectivity index (χ1n) is 8.60. The molecular weight excluding hydrogens is 284 g/mol. The van der Waals surface area contributed by atoms with Crippen LogP contribution in [0.1, 0.15) is 44.1 Å². The van der Waals surface area contributed by atoms with Gasteiger partial charge in [0.25, 0.3) is 0 Å². The van der Waals surface area contributed by atoms with E-state index in [9.17, 15) is 0 Å². The van der Waals surface area contributed by atoms with E-state index in [0.29, 0.717) is 0 Å². The van der Waals surface area contributed by atoms with E-state index in [1.165, 1.54) is 37.5 Å². The van der Waals surface area contributed by atoms with Gasteiger partial charge >= 0.3 is 0 Å². The Kier molecular flexibility index (Phi) is 4.79. The highest BCUT2D eigenvalue weighted by atomic mass is 15.2. The number of nitrogens with zero attached hydrogens (tertiary/aromatic N) is 2. The van der Waals surface area contributed by atoms with Crippen molar-refractivity contribution in [3.8, 4) is 0 Å². The Morgan fingerprint density at radius 2 is 1.96 bits per heavy atom. The van der Waals surface area contributed by atoms with Crippen LogP contribution in [-0.2, 0) is 5.54 Å². The highest BCUT2D eigenvalue weighted by molar-refractivity contribution is 5.75. The van der Waals surface area contributed by atoms with Gasteiger partial charge in [-0.25, -0.2) is 4.98 Å².